The first-order valence-corrected chi connectivity index (χ1v) is 6.91. The van der Waals surface area contributed by atoms with E-state index in [-0.39, 0.29) is 17.9 Å². The Hall–Kier alpha value is -3.02. The Balaban J connectivity index is 2.19. The molecule has 0 aliphatic carbocycles. The number of hydrogen-bond donors (Lipinski definition) is 3. The Morgan fingerprint density at radius 2 is 1.91 bits per heavy atom. The average Bonchev–Trinajstić information content (AvgIpc) is 2.54. The zero-order valence-electron chi connectivity index (χ0n) is 12.5. The van der Waals surface area contributed by atoms with Crippen molar-refractivity contribution in [2.45, 2.75) is 12.5 Å². The van der Waals surface area contributed by atoms with Gasteiger partial charge in [0, 0.05) is 18.2 Å². The number of aliphatic imine (C=N–C) groups is 1. The van der Waals surface area contributed by atoms with E-state index in [1.54, 1.807) is 30.3 Å². The van der Waals surface area contributed by atoms with Crippen molar-refractivity contribution >= 4 is 12.2 Å². The van der Waals surface area contributed by atoms with Crippen LogP contribution in [0.1, 0.15) is 11.1 Å². The fourth-order valence-corrected chi connectivity index (χ4v) is 2.04. The molecular formula is C17H17NO5. The number of para-hydroxylation sites is 1. The molecule has 0 aromatic heterocycles. The van der Waals surface area contributed by atoms with Crippen LogP contribution in [0.4, 0.5) is 0 Å². The zero-order valence-corrected chi connectivity index (χ0v) is 12.5. The number of aliphatic carboxylic acids is 1. The fraction of sp³-hybridized carbons (Fsp3) is 0.176. The van der Waals surface area contributed by atoms with Crippen molar-refractivity contribution in [3.05, 3.63) is 53.6 Å². The molecule has 2 aromatic rings. The first-order valence-electron chi connectivity index (χ1n) is 6.91. The first-order chi connectivity index (χ1) is 11.0. The number of hydrogen-bond acceptors (Lipinski definition) is 5. The Labute approximate surface area is 133 Å². The van der Waals surface area contributed by atoms with Crippen molar-refractivity contribution in [2.24, 2.45) is 4.99 Å². The highest BCUT2D eigenvalue weighted by molar-refractivity contribution is 5.87. The van der Waals surface area contributed by atoms with Crippen LogP contribution in [0, 0.1) is 0 Å². The normalized spacial score (nSPS) is 12.2. The van der Waals surface area contributed by atoms with Crippen LogP contribution in [0.3, 0.4) is 0 Å². The number of methoxy groups -OCH3 is 1. The van der Waals surface area contributed by atoms with Gasteiger partial charge in [-0.05, 0) is 29.8 Å². The minimum Gasteiger partial charge on any atom is -0.508 e. The summed E-state index contributed by atoms with van der Waals surface area (Å²) in [5.74, 6) is -0.756. The van der Waals surface area contributed by atoms with E-state index in [2.05, 4.69) is 4.99 Å². The molecule has 1 atom stereocenters. The summed E-state index contributed by atoms with van der Waals surface area (Å²) in [6, 6.07) is 10.2. The number of aromatic hydroxyl groups is 2. The molecule has 0 heterocycles. The van der Waals surface area contributed by atoms with Gasteiger partial charge in [0.15, 0.2) is 17.5 Å². The molecule has 3 N–H and O–H groups in total. The highest BCUT2D eigenvalue weighted by Gasteiger charge is 2.16. The van der Waals surface area contributed by atoms with E-state index in [1.165, 1.54) is 25.5 Å². The highest BCUT2D eigenvalue weighted by atomic mass is 16.5. The quantitative estimate of drug-likeness (QED) is 0.710. The number of ether oxygens (including phenoxy) is 1. The number of benzene rings is 2. The van der Waals surface area contributed by atoms with Crippen molar-refractivity contribution in [1.82, 2.24) is 0 Å². The second-order valence-corrected chi connectivity index (χ2v) is 4.90. The van der Waals surface area contributed by atoms with Gasteiger partial charge >= 0.3 is 5.97 Å². The molecule has 120 valence electrons. The number of carboxylic acid groups (broad SMARTS) is 1. The standard InChI is InChI=1S/C17H17NO5/c1-23-15-4-2-3-12(16(15)20)10-18-14(17(21)22)9-11-5-7-13(19)8-6-11/h2-8,10,14,19-20H,9H2,1H3,(H,21,22). The molecule has 6 heteroatoms. The van der Waals surface area contributed by atoms with Gasteiger partial charge in [0.25, 0.3) is 0 Å². The molecule has 0 aliphatic heterocycles. The van der Waals surface area contributed by atoms with Gasteiger partial charge in [0.2, 0.25) is 0 Å². The molecule has 2 aromatic carbocycles. The van der Waals surface area contributed by atoms with E-state index < -0.39 is 12.0 Å². The van der Waals surface area contributed by atoms with Crippen LogP contribution < -0.4 is 4.74 Å². The maximum Gasteiger partial charge on any atom is 0.328 e. The maximum atomic E-state index is 11.3. The monoisotopic (exact) mass is 315 g/mol. The van der Waals surface area contributed by atoms with Crippen molar-refractivity contribution in [3.8, 4) is 17.2 Å². The molecule has 0 fully saturated rings. The third kappa shape index (κ3) is 4.23. The van der Waals surface area contributed by atoms with E-state index in [1.807, 2.05) is 0 Å². The summed E-state index contributed by atoms with van der Waals surface area (Å²) in [6.45, 7) is 0. The predicted octanol–water partition coefficient (Wildman–Crippen LogP) is 2.22. The van der Waals surface area contributed by atoms with Crippen molar-refractivity contribution in [3.63, 3.8) is 0 Å². The van der Waals surface area contributed by atoms with E-state index in [0.29, 0.717) is 11.3 Å². The topological polar surface area (TPSA) is 99.4 Å². The summed E-state index contributed by atoms with van der Waals surface area (Å²) < 4.78 is 5.00. The summed E-state index contributed by atoms with van der Waals surface area (Å²) in [4.78, 5) is 15.4. The molecular weight excluding hydrogens is 298 g/mol. The van der Waals surface area contributed by atoms with E-state index in [4.69, 9.17) is 4.74 Å². The largest absolute Gasteiger partial charge is 0.508 e. The number of nitrogens with zero attached hydrogens (tertiary/aromatic N) is 1. The van der Waals surface area contributed by atoms with Crippen LogP contribution in [0.2, 0.25) is 0 Å². The lowest BCUT2D eigenvalue weighted by Gasteiger charge is -2.09. The minimum atomic E-state index is -1.07. The van der Waals surface area contributed by atoms with Crippen LogP contribution in [0.5, 0.6) is 17.2 Å². The molecule has 2 rings (SSSR count). The van der Waals surface area contributed by atoms with E-state index in [9.17, 15) is 20.1 Å². The maximum absolute atomic E-state index is 11.3. The van der Waals surface area contributed by atoms with Crippen molar-refractivity contribution < 1.29 is 24.9 Å². The summed E-state index contributed by atoms with van der Waals surface area (Å²) in [7, 11) is 1.43. The van der Waals surface area contributed by atoms with Gasteiger partial charge in [-0.15, -0.1) is 0 Å². The predicted molar refractivity (Wildman–Crippen MR) is 85.5 cm³/mol. The first kappa shape index (κ1) is 16.4. The van der Waals surface area contributed by atoms with Crippen molar-refractivity contribution in [1.29, 1.82) is 0 Å². The lowest BCUT2D eigenvalue weighted by molar-refractivity contribution is -0.138. The van der Waals surface area contributed by atoms with Crippen LogP contribution in [0.15, 0.2) is 47.5 Å². The number of carboxylic acids is 1. The van der Waals surface area contributed by atoms with Gasteiger partial charge < -0.3 is 20.1 Å². The summed E-state index contributed by atoms with van der Waals surface area (Å²) in [5.41, 5.74) is 1.11. The molecule has 0 amide bonds. The fourth-order valence-electron chi connectivity index (χ4n) is 2.04. The van der Waals surface area contributed by atoms with Crippen LogP contribution in [0.25, 0.3) is 0 Å². The molecule has 6 nitrogen and oxygen atoms in total. The van der Waals surface area contributed by atoms with Gasteiger partial charge in [0.1, 0.15) is 5.75 Å². The van der Waals surface area contributed by atoms with Crippen molar-refractivity contribution in [2.75, 3.05) is 7.11 Å². The Morgan fingerprint density at radius 1 is 1.22 bits per heavy atom. The summed E-state index contributed by atoms with van der Waals surface area (Å²) >= 11 is 0. The molecule has 0 aliphatic rings. The van der Waals surface area contributed by atoms with Gasteiger partial charge in [-0.1, -0.05) is 18.2 Å². The second kappa shape index (κ2) is 7.31. The summed E-state index contributed by atoms with van der Waals surface area (Å²) in [6.07, 6.45) is 1.49. The number of phenols is 2. The van der Waals surface area contributed by atoms with Crippen LogP contribution >= 0.6 is 0 Å². The Morgan fingerprint density at radius 3 is 2.52 bits per heavy atom. The highest BCUT2D eigenvalue weighted by Crippen LogP contribution is 2.28. The van der Waals surface area contributed by atoms with Gasteiger partial charge in [-0.25, -0.2) is 4.79 Å². The Kier molecular flexibility index (Phi) is 5.19. The smallest absolute Gasteiger partial charge is 0.328 e. The third-order valence-corrected chi connectivity index (χ3v) is 3.29. The second-order valence-electron chi connectivity index (χ2n) is 4.90. The number of rotatable bonds is 6. The average molecular weight is 315 g/mol. The molecule has 0 saturated carbocycles. The molecule has 0 radical (unpaired) electrons. The third-order valence-electron chi connectivity index (χ3n) is 3.29. The van der Waals surface area contributed by atoms with E-state index in [0.717, 1.165) is 5.56 Å². The van der Waals surface area contributed by atoms with E-state index >= 15 is 0 Å². The van der Waals surface area contributed by atoms with Gasteiger partial charge in [-0.2, -0.15) is 0 Å². The Bertz CT molecular complexity index is 709. The molecule has 0 bridgehead atoms. The zero-order chi connectivity index (χ0) is 16.8. The molecule has 0 spiro atoms. The van der Waals surface area contributed by atoms with Crippen LogP contribution in [-0.2, 0) is 11.2 Å². The molecule has 1 unspecified atom stereocenters. The SMILES string of the molecule is COc1cccc(C=NC(Cc2ccc(O)cc2)C(=O)O)c1O. The number of phenolic OH excluding ortho intramolecular Hbond substituents is 2. The number of carbonyl (C=O) groups is 1. The molecule has 23 heavy (non-hydrogen) atoms. The minimum absolute atomic E-state index is 0.0903. The molecule has 0 saturated heterocycles. The lowest BCUT2D eigenvalue weighted by atomic mass is 10.1. The van der Waals surface area contributed by atoms with Crippen LogP contribution in [-0.4, -0.2) is 40.7 Å². The lowest BCUT2D eigenvalue weighted by Crippen LogP contribution is -2.20. The summed E-state index contributed by atoms with van der Waals surface area (Å²) in [5, 5.41) is 28.5. The van der Waals surface area contributed by atoms with Gasteiger partial charge in [0.05, 0.1) is 7.11 Å². The van der Waals surface area contributed by atoms with Gasteiger partial charge in [-0.3, -0.25) is 4.99 Å².